The molecule has 0 spiro atoms. The molecule has 1 heterocycles. The fraction of sp³-hybridized carbons (Fsp3) is 0.208. The van der Waals surface area contributed by atoms with Gasteiger partial charge in [-0.05, 0) is 46.9 Å². The molecule has 4 heteroatoms. The van der Waals surface area contributed by atoms with Crippen LogP contribution < -0.4 is 0 Å². The Kier molecular flexibility index (Phi) is 4.73. The minimum Gasteiger partial charge on any atom is -0.378 e. The highest BCUT2D eigenvalue weighted by Gasteiger charge is 2.32. The molecule has 0 saturated heterocycles. The molecular formula is C24H23FN2O. The molecule has 0 aliphatic carbocycles. The second kappa shape index (κ2) is 7.21. The molecule has 4 rings (SSSR count). The van der Waals surface area contributed by atoms with E-state index in [9.17, 15) is 9.50 Å². The van der Waals surface area contributed by atoms with E-state index in [-0.39, 0.29) is 0 Å². The van der Waals surface area contributed by atoms with Crippen molar-refractivity contribution < 1.29 is 9.50 Å². The average Bonchev–Trinajstić information content (AvgIpc) is 3.17. The highest BCUT2D eigenvalue weighted by Crippen LogP contribution is 2.33. The largest absolute Gasteiger partial charge is 0.378 e. The van der Waals surface area contributed by atoms with E-state index >= 15 is 0 Å². The van der Waals surface area contributed by atoms with Crippen LogP contribution in [0.4, 0.5) is 4.39 Å². The summed E-state index contributed by atoms with van der Waals surface area (Å²) in [6, 6.07) is 22.8. The summed E-state index contributed by atoms with van der Waals surface area (Å²) in [5.74, 6) is 0.382. The molecule has 142 valence electrons. The van der Waals surface area contributed by atoms with Gasteiger partial charge < -0.3 is 5.11 Å². The zero-order chi connectivity index (χ0) is 19.7. The van der Waals surface area contributed by atoms with Crippen molar-refractivity contribution in [2.45, 2.75) is 25.4 Å². The Morgan fingerprint density at radius 1 is 0.964 bits per heavy atom. The van der Waals surface area contributed by atoms with Gasteiger partial charge in [-0.15, -0.1) is 0 Å². The molecule has 0 amide bonds. The van der Waals surface area contributed by atoms with Gasteiger partial charge >= 0.3 is 0 Å². The Morgan fingerprint density at radius 3 is 2.29 bits per heavy atom. The third-order valence-electron chi connectivity index (χ3n) is 5.29. The van der Waals surface area contributed by atoms with Gasteiger partial charge in [-0.2, -0.15) is 5.10 Å². The normalized spacial score (nSPS) is 13.8. The summed E-state index contributed by atoms with van der Waals surface area (Å²) in [4.78, 5) is 0. The maximum absolute atomic E-state index is 14.1. The smallest absolute Gasteiger partial charge is 0.143 e. The predicted octanol–water partition coefficient (Wildman–Crippen LogP) is 5.35. The molecule has 0 fully saturated rings. The number of hydrogen-bond acceptors (Lipinski definition) is 2. The summed E-state index contributed by atoms with van der Waals surface area (Å²) in [6.07, 6.45) is 1.74. The first-order valence-corrected chi connectivity index (χ1v) is 9.45. The molecular weight excluding hydrogens is 351 g/mol. The SMILES string of the molecule is CC(C)c1ccc(C(O)(CF)c2ccc3c(cnn3-c3ccccc3)c2)cc1. The van der Waals surface area contributed by atoms with Crippen molar-refractivity contribution in [3.63, 3.8) is 0 Å². The van der Waals surface area contributed by atoms with E-state index in [4.69, 9.17) is 0 Å². The fourth-order valence-electron chi connectivity index (χ4n) is 3.53. The second-order valence-electron chi connectivity index (χ2n) is 7.44. The van der Waals surface area contributed by atoms with E-state index in [0.717, 1.165) is 22.2 Å². The Morgan fingerprint density at radius 2 is 1.64 bits per heavy atom. The molecule has 4 aromatic rings. The van der Waals surface area contributed by atoms with Crippen molar-refractivity contribution in [2.75, 3.05) is 6.67 Å². The number of alkyl halides is 1. The molecule has 1 unspecified atom stereocenters. The summed E-state index contributed by atoms with van der Waals surface area (Å²) < 4.78 is 15.9. The summed E-state index contributed by atoms with van der Waals surface area (Å²) in [7, 11) is 0. The molecule has 0 aliphatic heterocycles. The van der Waals surface area contributed by atoms with E-state index in [1.165, 1.54) is 0 Å². The van der Waals surface area contributed by atoms with Crippen LogP contribution >= 0.6 is 0 Å². The minimum atomic E-state index is -1.68. The van der Waals surface area contributed by atoms with Crippen LogP contribution in [-0.2, 0) is 5.60 Å². The zero-order valence-electron chi connectivity index (χ0n) is 16.0. The van der Waals surface area contributed by atoms with Gasteiger partial charge in [-0.1, -0.05) is 62.4 Å². The lowest BCUT2D eigenvalue weighted by atomic mass is 9.86. The van der Waals surface area contributed by atoms with Crippen molar-refractivity contribution in [3.8, 4) is 5.69 Å². The fourth-order valence-corrected chi connectivity index (χ4v) is 3.53. The Bertz CT molecular complexity index is 1090. The van der Waals surface area contributed by atoms with Crippen molar-refractivity contribution >= 4 is 10.9 Å². The van der Waals surface area contributed by atoms with Gasteiger partial charge in [-0.25, -0.2) is 9.07 Å². The van der Waals surface area contributed by atoms with Gasteiger partial charge in [0.25, 0.3) is 0 Å². The van der Waals surface area contributed by atoms with Crippen LogP contribution in [0, 0.1) is 0 Å². The monoisotopic (exact) mass is 374 g/mol. The predicted molar refractivity (Wildman–Crippen MR) is 111 cm³/mol. The average molecular weight is 374 g/mol. The van der Waals surface area contributed by atoms with Crippen molar-refractivity contribution in [3.05, 3.63) is 95.7 Å². The van der Waals surface area contributed by atoms with E-state index in [0.29, 0.717) is 17.0 Å². The number of aliphatic hydroxyl groups is 1. The summed E-state index contributed by atoms with van der Waals surface area (Å²) in [6.45, 7) is 3.32. The number of halogens is 1. The lowest BCUT2D eigenvalue weighted by Gasteiger charge is -2.26. The summed E-state index contributed by atoms with van der Waals surface area (Å²) >= 11 is 0. The van der Waals surface area contributed by atoms with E-state index in [1.807, 2.05) is 71.4 Å². The van der Waals surface area contributed by atoms with Gasteiger partial charge in [-0.3, -0.25) is 0 Å². The first-order valence-electron chi connectivity index (χ1n) is 9.45. The van der Waals surface area contributed by atoms with Gasteiger partial charge in [0.2, 0.25) is 0 Å². The van der Waals surface area contributed by atoms with Gasteiger partial charge in [0.1, 0.15) is 12.3 Å². The Balaban J connectivity index is 1.76. The molecule has 1 aromatic heterocycles. The van der Waals surface area contributed by atoms with Crippen LogP contribution in [0.15, 0.2) is 79.0 Å². The summed E-state index contributed by atoms with van der Waals surface area (Å²) in [5, 5.41) is 16.5. The van der Waals surface area contributed by atoms with Crippen molar-refractivity contribution in [2.24, 2.45) is 0 Å². The van der Waals surface area contributed by atoms with Crippen LogP contribution in [-0.4, -0.2) is 21.6 Å². The standard InChI is InChI=1S/C24H23FN2O/c1-17(2)18-8-10-20(11-9-18)24(28,16-25)21-12-13-23-19(14-21)15-26-27(23)22-6-4-3-5-7-22/h3-15,17,28H,16H2,1-2H3. The number of fused-ring (bicyclic) bond motifs is 1. The molecule has 3 nitrogen and oxygen atoms in total. The van der Waals surface area contributed by atoms with Gasteiger partial charge in [0.15, 0.2) is 0 Å². The molecule has 0 aliphatic rings. The Hall–Kier alpha value is -2.98. The van der Waals surface area contributed by atoms with Crippen LogP contribution in [0.2, 0.25) is 0 Å². The molecule has 3 aromatic carbocycles. The number of benzene rings is 3. The molecule has 0 bridgehead atoms. The lowest BCUT2D eigenvalue weighted by Crippen LogP contribution is -2.29. The molecule has 0 radical (unpaired) electrons. The lowest BCUT2D eigenvalue weighted by molar-refractivity contribution is 0.0519. The maximum atomic E-state index is 14.1. The van der Waals surface area contributed by atoms with E-state index in [2.05, 4.69) is 18.9 Å². The van der Waals surface area contributed by atoms with Crippen LogP contribution in [0.5, 0.6) is 0 Å². The maximum Gasteiger partial charge on any atom is 0.143 e. The minimum absolute atomic E-state index is 0.382. The van der Waals surface area contributed by atoms with Gasteiger partial charge in [0.05, 0.1) is 17.4 Å². The quantitative estimate of drug-likeness (QED) is 0.511. The molecule has 1 atom stereocenters. The number of para-hydroxylation sites is 1. The topological polar surface area (TPSA) is 38.1 Å². The number of nitrogens with zero attached hydrogens (tertiary/aromatic N) is 2. The van der Waals surface area contributed by atoms with Crippen molar-refractivity contribution in [1.82, 2.24) is 9.78 Å². The third-order valence-corrected chi connectivity index (χ3v) is 5.29. The zero-order valence-corrected chi connectivity index (χ0v) is 16.0. The molecule has 1 N–H and O–H groups in total. The molecule has 0 saturated carbocycles. The van der Waals surface area contributed by atoms with Crippen molar-refractivity contribution in [1.29, 1.82) is 0 Å². The second-order valence-corrected chi connectivity index (χ2v) is 7.44. The van der Waals surface area contributed by atoms with Crippen LogP contribution in [0.1, 0.15) is 36.5 Å². The van der Waals surface area contributed by atoms with Crippen LogP contribution in [0.25, 0.3) is 16.6 Å². The first-order chi connectivity index (χ1) is 13.5. The highest BCUT2D eigenvalue weighted by molar-refractivity contribution is 5.81. The first kappa shape index (κ1) is 18.4. The highest BCUT2D eigenvalue weighted by atomic mass is 19.1. The molecule has 28 heavy (non-hydrogen) atoms. The van der Waals surface area contributed by atoms with Gasteiger partial charge in [0, 0.05) is 5.39 Å². The van der Waals surface area contributed by atoms with E-state index in [1.54, 1.807) is 12.3 Å². The van der Waals surface area contributed by atoms with Crippen LogP contribution in [0.3, 0.4) is 0 Å². The number of rotatable bonds is 5. The summed E-state index contributed by atoms with van der Waals surface area (Å²) in [5.41, 5.74) is 2.41. The third kappa shape index (κ3) is 3.10. The van der Waals surface area contributed by atoms with E-state index < -0.39 is 12.3 Å². The number of hydrogen-bond donors (Lipinski definition) is 1. The number of aromatic nitrogens is 2. The Labute approximate surface area is 164 Å².